The molecule has 4 nitrogen and oxygen atoms in total. The molecule has 0 spiro atoms. The van der Waals surface area contributed by atoms with Crippen molar-refractivity contribution >= 4 is 17.5 Å². The van der Waals surface area contributed by atoms with Gasteiger partial charge in [0, 0.05) is 18.4 Å². The Labute approximate surface area is 112 Å². The highest BCUT2D eigenvalue weighted by atomic mass is 16.2. The summed E-state index contributed by atoms with van der Waals surface area (Å²) in [7, 11) is 0. The number of aliphatic hydroxyl groups is 1. The van der Waals surface area contributed by atoms with Crippen molar-refractivity contribution in [3.05, 3.63) is 29.8 Å². The highest BCUT2D eigenvalue weighted by Gasteiger charge is 2.25. The molecule has 0 saturated carbocycles. The maximum absolute atomic E-state index is 12.0. The van der Waals surface area contributed by atoms with Gasteiger partial charge in [0.15, 0.2) is 0 Å². The van der Waals surface area contributed by atoms with Gasteiger partial charge in [-0.2, -0.15) is 0 Å². The Hall–Kier alpha value is -2.12. The Morgan fingerprint density at radius 1 is 1.16 bits per heavy atom. The molecule has 19 heavy (non-hydrogen) atoms. The molecule has 0 bridgehead atoms. The van der Waals surface area contributed by atoms with E-state index in [0.717, 1.165) is 12.8 Å². The first-order valence-corrected chi connectivity index (χ1v) is 6.28. The molecule has 1 aliphatic heterocycles. The van der Waals surface area contributed by atoms with Gasteiger partial charge in [0.25, 0.3) is 0 Å². The van der Waals surface area contributed by atoms with E-state index in [0.29, 0.717) is 24.1 Å². The second-order valence-electron chi connectivity index (χ2n) is 4.34. The van der Waals surface area contributed by atoms with Gasteiger partial charge in [-0.1, -0.05) is 17.9 Å². The molecule has 0 aliphatic carbocycles. The van der Waals surface area contributed by atoms with E-state index in [1.807, 2.05) is 0 Å². The standard InChI is InChI=1S/C15H15NO3/c17-10-4-6-12-5-3-7-13(11-12)16-14(18)8-1-2-9-15(16)19/h3,5,7,11,17H,1-2,8-10H2. The van der Waals surface area contributed by atoms with Gasteiger partial charge in [-0.05, 0) is 31.0 Å². The fraction of sp³-hybridized carbons (Fsp3) is 0.333. The van der Waals surface area contributed by atoms with E-state index >= 15 is 0 Å². The first kappa shape index (κ1) is 13.3. The van der Waals surface area contributed by atoms with Crippen LogP contribution in [0, 0.1) is 11.8 Å². The van der Waals surface area contributed by atoms with Crippen molar-refractivity contribution in [3.8, 4) is 11.8 Å². The van der Waals surface area contributed by atoms with Crippen LogP contribution in [0.2, 0.25) is 0 Å². The van der Waals surface area contributed by atoms with Crippen LogP contribution in [0.1, 0.15) is 31.2 Å². The lowest BCUT2D eigenvalue weighted by molar-refractivity contribution is -0.125. The van der Waals surface area contributed by atoms with Crippen LogP contribution in [0.3, 0.4) is 0 Å². The zero-order valence-corrected chi connectivity index (χ0v) is 10.6. The quantitative estimate of drug-likeness (QED) is 0.612. The summed E-state index contributed by atoms with van der Waals surface area (Å²) in [6, 6.07) is 6.95. The van der Waals surface area contributed by atoms with E-state index in [1.54, 1.807) is 24.3 Å². The summed E-state index contributed by atoms with van der Waals surface area (Å²) in [6.45, 7) is -0.216. The summed E-state index contributed by atoms with van der Waals surface area (Å²) < 4.78 is 0. The summed E-state index contributed by atoms with van der Waals surface area (Å²) in [5.41, 5.74) is 1.23. The van der Waals surface area contributed by atoms with Crippen molar-refractivity contribution in [2.75, 3.05) is 11.5 Å². The predicted octanol–water partition coefficient (Wildman–Crippen LogP) is 1.46. The van der Waals surface area contributed by atoms with Crippen molar-refractivity contribution in [1.29, 1.82) is 0 Å². The van der Waals surface area contributed by atoms with Crippen LogP contribution in [0.5, 0.6) is 0 Å². The minimum atomic E-state index is -0.216. The maximum Gasteiger partial charge on any atom is 0.233 e. The summed E-state index contributed by atoms with van der Waals surface area (Å²) in [5.74, 6) is 5.00. The largest absolute Gasteiger partial charge is 0.384 e. The molecule has 0 atom stereocenters. The number of carbonyl (C=O) groups excluding carboxylic acids is 2. The number of imide groups is 1. The maximum atomic E-state index is 12.0. The van der Waals surface area contributed by atoms with E-state index in [1.165, 1.54) is 4.90 Å². The van der Waals surface area contributed by atoms with Gasteiger partial charge in [0.2, 0.25) is 11.8 Å². The molecular weight excluding hydrogens is 242 g/mol. The molecule has 1 aliphatic rings. The number of anilines is 1. The number of rotatable bonds is 1. The summed E-state index contributed by atoms with van der Waals surface area (Å²) in [5, 5.41) is 8.67. The number of hydrogen-bond acceptors (Lipinski definition) is 3. The predicted molar refractivity (Wildman–Crippen MR) is 71.4 cm³/mol. The molecular formula is C15H15NO3. The second kappa shape index (κ2) is 6.17. The number of nitrogens with zero attached hydrogens (tertiary/aromatic N) is 1. The van der Waals surface area contributed by atoms with E-state index in [2.05, 4.69) is 11.8 Å². The average Bonchev–Trinajstić information content (AvgIpc) is 2.58. The molecule has 0 aromatic heterocycles. The SMILES string of the molecule is O=C1CCCCC(=O)N1c1cccc(C#CCO)c1. The highest BCUT2D eigenvalue weighted by molar-refractivity contribution is 6.15. The van der Waals surface area contributed by atoms with Crippen molar-refractivity contribution < 1.29 is 14.7 Å². The van der Waals surface area contributed by atoms with Gasteiger partial charge in [-0.15, -0.1) is 0 Å². The van der Waals surface area contributed by atoms with Crippen LogP contribution >= 0.6 is 0 Å². The van der Waals surface area contributed by atoms with Gasteiger partial charge in [-0.3, -0.25) is 14.5 Å². The zero-order valence-electron chi connectivity index (χ0n) is 10.6. The number of benzene rings is 1. The lowest BCUT2D eigenvalue weighted by Crippen LogP contribution is -2.35. The van der Waals surface area contributed by atoms with E-state index in [-0.39, 0.29) is 18.4 Å². The molecule has 2 rings (SSSR count). The van der Waals surface area contributed by atoms with E-state index < -0.39 is 0 Å². The molecule has 1 saturated heterocycles. The van der Waals surface area contributed by atoms with Crippen LogP contribution in [-0.4, -0.2) is 23.5 Å². The Morgan fingerprint density at radius 3 is 2.47 bits per heavy atom. The van der Waals surface area contributed by atoms with E-state index in [9.17, 15) is 9.59 Å². The third-order valence-electron chi connectivity index (χ3n) is 2.95. The topological polar surface area (TPSA) is 57.6 Å². The summed E-state index contributed by atoms with van der Waals surface area (Å²) in [4.78, 5) is 25.2. The van der Waals surface area contributed by atoms with Gasteiger partial charge in [0.05, 0.1) is 5.69 Å². The molecule has 4 heteroatoms. The third kappa shape index (κ3) is 3.21. The fourth-order valence-corrected chi connectivity index (χ4v) is 2.07. The van der Waals surface area contributed by atoms with Gasteiger partial charge >= 0.3 is 0 Å². The lowest BCUT2D eigenvalue weighted by Gasteiger charge is -2.18. The molecule has 1 fully saturated rings. The smallest absolute Gasteiger partial charge is 0.233 e. The molecule has 1 heterocycles. The Morgan fingerprint density at radius 2 is 1.84 bits per heavy atom. The van der Waals surface area contributed by atoms with E-state index in [4.69, 9.17) is 5.11 Å². The zero-order chi connectivity index (χ0) is 13.7. The molecule has 98 valence electrons. The van der Waals surface area contributed by atoms with Crippen LogP contribution in [-0.2, 0) is 9.59 Å². The average molecular weight is 257 g/mol. The first-order valence-electron chi connectivity index (χ1n) is 6.28. The molecule has 1 aromatic rings. The molecule has 1 N–H and O–H groups in total. The van der Waals surface area contributed by atoms with Gasteiger partial charge in [-0.25, -0.2) is 0 Å². The van der Waals surface area contributed by atoms with Crippen LogP contribution in [0.25, 0.3) is 0 Å². The van der Waals surface area contributed by atoms with Crippen molar-refractivity contribution in [2.45, 2.75) is 25.7 Å². The minimum Gasteiger partial charge on any atom is -0.384 e. The van der Waals surface area contributed by atoms with Crippen molar-refractivity contribution in [3.63, 3.8) is 0 Å². The fourth-order valence-electron chi connectivity index (χ4n) is 2.07. The monoisotopic (exact) mass is 257 g/mol. The normalized spacial score (nSPS) is 15.7. The number of aliphatic hydroxyl groups excluding tert-OH is 1. The third-order valence-corrected chi connectivity index (χ3v) is 2.95. The highest BCUT2D eigenvalue weighted by Crippen LogP contribution is 2.22. The lowest BCUT2D eigenvalue weighted by atomic mass is 10.2. The van der Waals surface area contributed by atoms with Gasteiger partial charge < -0.3 is 5.11 Å². The molecule has 2 amide bonds. The Bertz CT molecular complexity index is 536. The second-order valence-corrected chi connectivity index (χ2v) is 4.34. The Kier molecular flexibility index (Phi) is 4.32. The van der Waals surface area contributed by atoms with Crippen molar-refractivity contribution in [2.24, 2.45) is 0 Å². The van der Waals surface area contributed by atoms with Crippen LogP contribution in [0.15, 0.2) is 24.3 Å². The first-order chi connectivity index (χ1) is 9.22. The molecule has 0 unspecified atom stereocenters. The minimum absolute atomic E-state index is 0.158. The van der Waals surface area contributed by atoms with Crippen molar-refractivity contribution in [1.82, 2.24) is 0 Å². The molecule has 1 aromatic carbocycles. The van der Waals surface area contributed by atoms with Crippen LogP contribution in [0.4, 0.5) is 5.69 Å². The summed E-state index contributed by atoms with van der Waals surface area (Å²) in [6.07, 6.45) is 2.31. The van der Waals surface area contributed by atoms with Crippen LogP contribution < -0.4 is 4.90 Å². The number of hydrogen-bond donors (Lipinski definition) is 1. The molecule has 0 radical (unpaired) electrons. The Balaban J connectivity index is 2.33. The summed E-state index contributed by atoms with van der Waals surface area (Å²) >= 11 is 0. The number of carbonyl (C=O) groups is 2. The number of amides is 2. The van der Waals surface area contributed by atoms with Gasteiger partial charge in [0.1, 0.15) is 6.61 Å².